The zero-order valence-corrected chi connectivity index (χ0v) is 32.4. The zero-order valence-electron chi connectivity index (χ0n) is 32.4. The molecule has 12 nitrogen and oxygen atoms in total. The highest BCUT2D eigenvalue weighted by Gasteiger charge is 2.23. The topological polar surface area (TPSA) is 185 Å². The molecular weight excluding hydrogens is 632 g/mol. The van der Waals surface area contributed by atoms with E-state index >= 15 is 0 Å². The molecule has 1 heterocycles. The van der Waals surface area contributed by atoms with E-state index in [4.69, 9.17) is 22.9 Å². The Labute approximate surface area is 304 Å². The van der Waals surface area contributed by atoms with Gasteiger partial charge in [0.05, 0.1) is 0 Å². The number of hydrogen-bond acceptors (Lipinski definition) is 8. The third-order valence-electron chi connectivity index (χ3n) is 9.60. The second kappa shape index (κ2) is 27.4. The van der Waals surface area contributed by atoms with Gasteiger partial charge in [-0.05, 0) is 91.9 Å². The third kappa shape index (κ3) is 22.5. The van der Waals surface area contributed by atoms with Crippen LogP contribution in [-0.2, 0) is 19.2 Å². The molecule has 4 atom stereocenters. The molecule has 292 valence electrons. The molecule has 4 amide bonds. The van der Waals surface area contributed by atoms with Crippen LogP contribution in [0.15, 0.2) is 0 Å². The van der Waals surface area contributed by atoms with E-state index in [2.05, 4.69) is 0 Å². The van der Waals surface area contributed by atoms with E-state index in [0.717, 1.165) is 77.0 Å². The SMILES string of the molecule is CC(N)CCCCC(=O)N1CCCN(C(=O)CCCCC(C)N)CCN(C(=O)CCCCC(C)N)CCCN(C(=O)CCCCC(C)N)CC1. The minimum Gasteiger partial charge on any atom is -0.341 e. The summed E-state index contributed by atoms with van der Waals surface area (Å²) in [5, 5.41) is 0. The van der Waals surface area contributed by atoms with Crippen LogP contribution < -0.4 is 22.9 Å². The Balaban J connectivity index is 3.14. The zero-order chi connectivity index (χ0) is 37.3. The quantitative estimate of drug-likeness (QED) is 0.138. The average molecular weight is 709 g/mol. The summed E-state index contributed by atoms with van der Waals surface area (Å²) in [6, 6.07) is 0.447. The van der Waals surface area contributed by atoms with Gasteiger partial charge < -0.3 is 42.5 Å². The van der Waals surface area contributed by atoms with Gasteiger partial charge in [0.25, 0.3) is 0 Å². The van der Waals surface area contributed by atoms with Crippen LogP contribution in [0.1, 0.15) is 143 Å². The third-order valence-corrected chi connectivity index (χ3v) is 9.60. The van der Waals surface area contributed by atoms with Gasteiger partial charge in [-0.25, -0.2) is 0 Å². The maximum Gasteiger partial charge on any atom is 0.222 e. The predicted octanol–water partition coefficient (Wildman–Crippen LogP) is 3.73. The Kier molecular flexibility index (Phi) is 25.1. The van der Waals surface area contributed by atoms with E-state index in [0.29, 0.717) is 90.9 Å². The van der Waals surface area contributed by atoms with Gasteiger partial charge in [-0.3, -0.25) is 19.2 Å². The van der Waals surface area contributed by atoms with Crippen molar-refractivity contribution < 1.29 is 19.2 Å². The van der Waals surface area contributed by atoms with Gasteiger partial charge in [0, 0.05) is 102 Å². The molecule has 50 heavy (non-hydrogen) atoms. The van der Waals surface area contributed by atoms with Crippen LogP contribution in [0.5, 0.6) is 0 Å². The highest BCUT2D eigenvalue weighted by molar-refractivity contribution is 5.78. The van der Waals surface area contributed by atoms with E-state index in [1.807, 2.05) is 47.3 Å². The monoisotopic (exact) mass is 709 g/mol. The first kappa shape index (κ1) is 45.7. The smallest absolute Gasteiger partial charge is 0.222 e. The lowest BCUT2D eigenvalue weighted by Gasteiger charge is -2.32. The average Bonchev–Trinajstić information content (AvgIpc) is 3.05. The molecule has 0 radical (unpaired) electrons. The van der Waals surface area contributed by atoms with Crippen molar-refractivity contribution in [2.75, 3.05) is 52.4 Å². The minimum atomic E-state index is 0.0840. The maximum atomic E-state index is 13.5. The van der Waals surface area contributed by atoms with Crippen molar-refractivity contribution >= 4 is 23.6 Å². The molecule has 12 heteroatoms. The van der Waals surface area contributed by atoms with Crippen LogP contribution >= 0.6 is 0 Å². The summed E-state index contributed by atoms with van der Waals surface area (Å²) in [5.74, 6) is 0.336. The largest absolute Gasteiger partial charge is 0.341 e. The lowest BCUT2D eigenvalue weighted by atomic mass is 10.1. The standard InChI is InChI=1S/C38H76N8O4/c1-31(39)15-5-9-19-35(47)43-23-13-24-45(37(49)21-11-7-17-33(3)41)29-30-46(38(50)22-12-8-18-34(4)42)26-14-25-44(28-27-43)36(48)20-10-6-16-32(2)40/h31-34H,5-30,39-42H2,1-4H3. The first-order chi connectivity index (χ1) is 23.8. The number of unbranched alkanes of at least 4 members (excludes halogenated alkanes) is 4. The van der Waals surface area contributed by atoms with E-state index in [1.165, 1.54) is 0 Å². The highest BCUT2D eigenvalue weighted by atomic mass is 16.2. The number of nitrogens with two attached hydrogens (primary N) is 4. The molecule has 0 aromatic carbocycles. The fourth-order valence-electron chi connectivity index (χ4n) is 6.44. The van der Waals surface area contributed by atoms with Gasteiger partial charge >= 0.3 is 0 Å². The van der Waals surface area contributed by atoms with Crippen LogP contribution in [0.4, 0.5) is 0 Å². The lowest BCUT2D eigenvalue weighted by Crippen LogP contribution is -2.46. The van der Waals surface area contributed by atoms with Gasteiger partial charge in [0.1, 0.15) is 0 Å². The molecule has 0 aromatic heterocycles. The van der Waals surface area contributed by atoms with E-state index in [9.17, 15) is 19.2 Å². The molecule has 0 aliphatic carbocycles. The Morgan fingerprint density at radius 2 is 0.580 bits per heavy atom. The Hall–Kier alpha value is -2.28. The van der Waals surface area contributed by atoms with Crippen LogP contribution in [0.3, 0.4) is 0 Å². The number of rotatable bonds is 20. The molecule has 4 unspecified atom stereocenters. The van der Waals surface area contributed by atoms with E-state index < -0.39 is 0 Å². The van der Waals surface area contributed by atoms with Gasteiger partial charge in [-0.15, -0.1) is 0 Å². The number of carbonyl (C=O) groups excluding carboxylic acids is 4. The molecule has 8 N–H and O–H groups in total. The predicted molar refractivity (Wildman–Crippen MR) is 204 cm³/mol. The minimum absolute atomic E-state index is 0.0840. The maximum absolute atomic E-state index is 13.5. The highest BCUT2D eigenvalue weighted by Crippen LogP contribution is 2.13. The molecule has 1 saturated heterocycles. The van der Waals surface area contributed by atoms with Gasteiger partial charge in [0.15, 0.2) is 0 Å². The summed E-state index contributed by atoms with van der Waals surface area (Å²) in [5.41, 5.74) is 23.7. The second-order valence-corrected chi connectivity index (χ2v) is 15.1. The van der Waals surface area contributed by atoms with E-state index in [-0.39, 0.29) is 47.8 Å². The molecular formula is C38H76N8O4. The van der Waals surface area contributed by atoms with Gasteiger partial charge in [-0.1, -0.05) is 25.7 Å². The molecule has 1 aliphatic rings. The fourth-order valence-corrected chi connectivity index (χ4v) is 6.44. The molecule has 0 saturated carbocycles. The van der Waals surface area contributed by atoms with Crippen molar-refractivity contribution in [1.82, 2.24) is 19.6 Å². The lowest BCUT2D eigenvalue weighted by molar-refractivity contribution is -0.137. The molecule has 0 aromatic rings. The van der Waals surface area contributed by atoms with Crippen molar-refractivity contribution in [2.45, 2.75) is 167 Å². The van der Waals surface area contributed by atoms with E-state index in [1.54, 1.807) is 0 Å². The first-order valence-corrected chi connectivity index (χ1v) is 19.9. The van der Waals surface area contributed by atoms with Crippen molar-refractivity contribution in [3.8, 4) is 0 Å². The summed E-state index contributed by atoms with van der Waals surface area (Å²) in [6.45, 7) is 11.8. The van der Waals surface area contributed by atoms with Gasteiger partial charge in [0.2, 0.25) is 23.6 Å². The summed E-state index contributed by atoms with van der Waals surface area (Å²) >= 11 is 0. The Bertz CT molecular complexity index is 800. The second-order valence-electron chi connectivity index (χ2n) is 15.1. The summed E-state index contributed by atoms with van der Waals surface area (Å²) in [4.78, 5) is 61.5. The summed E-state index contributed by atoms with van der Waals surface area (Å²) in [7, 11) is 0. The molecule has 0 bridgehead atoms. The fraction of sp³-hybridized carbons (Fsp3) is 0.895. The molecule has 0 spiro atoms. The molecule has 1 fully saturated rings. The van der Waals surface area contributed by atoms with Crippen LogP contribution in [0.2, 0.25) is 0 Å². The van der Waals surface area contributed by atoms with Crippen molar-refractivity contribution in [3.63, 3.8) is 0 Å². The van der Waals surface area contributed by atoms with Crippen LogP contribution in [0, 0.1) is 0 Å². The number of nitrogens with zero attached hydrogens (tertiary/aromatic N) is 4. The van der Waals surface area contributed by atoms with Crippen molar-refractivity contribution in [1.29, 1.82) is 0 Å². The number of carbonyl (C=O) groups is 4. The molecule has 1 aliphatic heterocycles. The number of amides is 4. The summed E-state index contributed by atoms with van der Waals surface area (Å²) < 4.78 is 0. The van der Waals surface area contributed by atoms with Crippen LogP contribution in [0.25, 0.3) is 0 Å². The van der Waals surface area contributed by atoms with Crippen LogP contribution in [-0.4, -0.2) is 120 Å². The molecule has 1 rings (SSSR count). The van der Waals surface area contributed by atoms with Crippen molar-refractivity contribution in [3.05, 3.63) is 0 Å². The van der Waals surface area contributed by atoms with Crippen molar-refractivity contribution in [2.24, 2.45) is 22.9 Å². The first-order valence-electron chi connectivity index (χ1n) is 19.9. The normalized spacial score (nSPS) is 17.9. The Morgan fingerprint density at radius 3 is 0.760 bits per heavy atom. The van der Waals surface area contributed by atoms with Gasteiger partial charge in [-0.2, -0.15) is 0 Å². The number of hydrogen-bond donors (Lipinski definition) is 4. The summed E-state index contributed by atoms with van der Waals surface area (Å²) in [6.07, 6.45) is 13.3. The Morgan fingerprint density at radius 1 is 0.380 bits per heavy atom.